The molecular formula is C12H20N6O2. The molecule has 0 saturated carbocycles. The van der Waals surface area contributed by atoms with E-state index in [1.165, 1.54) is 12.1 Å². The Morgan fingerprint density at radius 1 is 1.50 bits per heavy atom. The molecule has 2 rings (SSSR count). The summed E-state index contributed by atoms with van der Waals surface area (Å²) in [5.41, 5.74) is 2.38. The van der Waals surface area contributed by atoms with Crippen LogP contribution in [0.15, 0.2) is 12.1 Å². The molecule has 3 N–H and O–H groups in total. The lowest BCUT2D eigenvalue weighted by atomic mass is 10.2. The summed E-state index contributed by atoms with van der Waals surface area (Å²) in [7, 11) is 2.08. The molecule has 0 spiro atoms. The molecule has 2 heterocycles. The second-order valence-electron chi connectivity index (χ2n) is 5.13. The van der Waals surface area contributed by atoms with E-state index in [2.05, 4.69) is 34.2 Å². The lowest BCUT2D eigenvalue weighted by Gasteiger charge is -2.29. The molecule has 1 aromatic heterocycles. The Hall–Kier alpha value is -1.93. The predicted octanol–water partition coefficient (Wildman–Crippen LogP) is 0.806. The fraction of sp³-hybridized carbons (Fsp3) is 0.583. The summed E-state index contributed by atoms with van der Waals surface area (Å²) in [6, 6.07) is 3.07. The number of anilines is 2. The van der Waals surface area contributed by atoms with Crippen LogP contribution in [0.4, 0.5) is 17.3 Å². The number of pyridine rings is 1. The van der Waals surface area contributed by atoms with Gasteiger partial charge in [0.15, 0.2) is 0 Å². The van der Waals surface area contributed by atoms with Crippen LogP contribution in [0.25, 0.3) is 0 Å². The van der Waals surface area contributed by atoms with E-state index in [0.717, 1.165) is 26.1 Å². The van der Waals surface area contributed by atoms with E-state index >= 15 is 0 Å². The molecule has 110 valence electrons. The van der Waals surface area contributed by atoms with Crippen molar-refractivity contribution in [3.05, 3.63) is 22.2 Å². The summed E-state index contributed by atoms with van der Waals surface area (Å²) in [5.74, 6) is 6.24. The number of aromatic nitrogens is 1. The van der Waals surface area contributed by atoms with Gasteiger partial charge in [-0.3, -0.25) is 10.1 Å². The first-order chi connectivity index (χ1) is 9.51. The summed E-state index contributed by atoms with van der Waals surface area (Å²) in [4.78, 5) is 19.2. The maximum absolute atomic E-state index is 11.0. The second kappa shape index (κ2) is 6.02. The molecule has 0 radical (unpaired) electrons. The molecule has 1 fully saturated rings. The van der Waals surface area contributed by atoms with E-state index < -0.39 is 4.92 Å². The molecule has 1 aromatic rings. The topological polar surface area (TPSA) is 101 Å². The number of nitro groups is 1. The zero-order chi connectivity index (χ0) is 14.7. The number of hydrazine groups is 1. The maximum Gasteiger partial charge on any atom is 0.276 e. The van der Waals surface area contributed by atoms with Gasteiger partial charge in [0.25, 0.3) is 5.69 Å². The lowest BCUT2D eigenvalue weighted by Crippen LogP contribution is -2.38. The number of hydrogen-bond donors (Lipinski definition) is 2. The molecule has 0 aliphatic carbocycles. The van der Waals surface area contributed by atoms with Crippen LogP contribution < -0.4 is 16.2 Å². The number of hydrogen-bond acceptors (Lipinski definition) is 7. The van der Waals surface area contributed by atoms with E-state index in [1.54, 1.807) is 0 Å². The Balaban J connectivity index is 2.34. The minimum Gasteiger partial charge on any atom is -0.352 e. The number of nitrogen functional groups attached to an aromatic ring is 1. The highest BCUT2D eigenvalue weighted by atomic mass is 16.6. The number of nitrogens with two attached hydrogens (primary N) is 1. The van der Waals surface area contributed by atoms with Gasteiger partial charge in [0.1, 0.15) is 11.6 Å². The Morgan fingerprint density at radius 3 is 2.90 bits per heavy atom. The van der Waals surface area contributed by atoms with Gasteiger partial charge >= 0.3 is 0 Å². The van der Waals surface area contributed by atoms with E-state index in [9.17, 15) is 10.1 Å². The van der Waals surface area contributed by atoms with Crippen LogP contribution in [0.5, 0.6) is 0 Å². The summed E-state index contributed by atoms with van der Waals surface area (Å²) < 4.78 is 0. The van der Waals surface area contributed by atoms with Crippen molar-refractivity contribution in [2.24, 2.45) is 5.84 Å². The van der Waals surface area contributed by atoms with Crippen molar-refractivity contribution in [2.75, 3.05) is 37.0 Å². The molecule has 1 saturated heterocycles. The second-order valence-corrected chi connectivity index (χ2v) is 5.13. The molecule has 1 unspecified atom stereocenters. The fourth-order valence-corrected chi connectivity index (χ4v) is 2.54. The van der Waals surface area contributed by atoms with Crippen LogP contribution in [-0.2, 0) is 0 Å². The average Bonchev–Trinajstić information content (AvgIpc) is 2.58. The van der Waals surface area contributed by atoms with Crippen LogP contribution in [0, 0.1) is 10.1 Å². The van der Waals surface area contributed by atoms with Crippen LogP contribution in [-0.4, -0.2) is 47.5 Å². The highest BCUT2D eigenvalue weighted by Crippen LogP contribution is 2.25. The lowest BCUT2D eigenvalue weighted by molar-refractivity contribution is -0.384. The minimum atomic E-state index is -0.430. The first-order valence-corrected chi connectivity index (χ1v) is 6.59. The van der Waals surface area contributed by atoms with Crippen LogP contribution in [0.1, 0.15) is 13.3 Å². The first-order valence-electron chi connectivity index (χ1n) is 6.59. The van der Waals surface area contributed by atoms with Gasteiger partial charge in [-0.1, -0.05) is 0 Å². The van der Waals surface area contributed by atoms with Gasteiger partial charge in [-0.05, 0) is 26.9 Å². The fourth-order valence-electron chi connectivity index (χ4n) is 2.54. The smallest absolute Gasteiger partial charge is 0.276 e. The van der Waals surface area contributed by atoms with E-state index in [-0.39, 0.29) is 11.7 Å². The molecule has 0 bridgehead atoms. The standard InChI is InChI=1S/C12H20N6O2/c1-9-8-16(2)4-3-5-17(9)12-7-10(18(19)20)6-11(14-12)15-13/h6-7,9H,3-5,8,13H2,1-2H3,(H,14,15). The Labute approximate surface area is 117 Å². The third kappa shape index (κ3) is 3.14. The molecule has 8 heteroatoms. The number of nitrogens with one attached hydrogen (secondary N) is 1. The summed E-state index contributed by atoms with van der Waals surface area (Å²) in [6.45, 7) is 4.83. The Kier molecular flexibility index (Phi) is 4.35. The highest BCUT2D eigenvalue weighted by molar-refractivity contribution is 5.56. The first kappa shape index (κ1) is 14.5. The van der Waals surface area contributed by atoms with Gasteiger partial charge in [0.2, 0.25) is 0 Å². The normalized spacial score (nSPS) is 20.6. The Bertz CT molecular complexity index is 495. The predicted molar refractivity (Wildman–Crippen MR) is 77.6 cm³/mol. The summed E-state index contributed by atoms with van der Waals surface area (Å²) >= 11 is 0. The zero-order valence-corrected chi connectivity index (χ0v) is 11.7. The van der Waals surface area contributed by atoms with Crippen molar-refractivity contribution in [1.82, 2.24) is 9.88 Å². The SMILES string of the molecule is CC1CN(C)CCCN1c1cc([N+](=O)[O-])cc(NN)n1. The van der Waals surface area contributed by atoms with Gasteiger partial charge in [-0.2, -0.15) is 0 Å². The molecule has 1 atom stereocenters. The molecule has 0 aromatic carbocycles. The van der Waals surface area contributed by atoms with Gasteiger partial charge in [-0.25, -0.2) is 10.8 Å². The molecule has 8 nitrogen and oxygen atoms in total. The highest BCUT2D eigenvalue weighted by Gasteiger charge is 2.23. The van der Waals surface area contributed by atoms with Crippen molar-refractivity contribution in [2.45, 2.75) is 19.4 Å². The maximum atomic E-state index is 11.0. The summed E-state index contributed by atoms with van der Waals surface area (Å²) in [5, 5.41) is 11.0. The van der Waals surface area contributed by atoms with Gasteiger partial charge in [-0.15, -0.1) is 0 Å². The number of nitrogens with zero attached hydrogens (tertiary/aromatic N) is 4. The van der Waals surface area contributed by atoms with Crippen LogP contribution in [0.2, 0.25) is 0 Å². The van der Waals surface area contributed by atoms with Crippen molar-refractivity contribution >= 4 is 17.3 Å². The van der Waals surface area contributed by atoms with Gasteiger partial charge in [0.05, 0.1) is 17.1 Å². The van der Waals surface area contributed by atoms with Crippen LogP contribution in [0.3, 0.4) is 0 Å². The van der Waals surface area contributed by atoms with Crippen molar-refractivity contribution in [1.29, 1.82) is 0 Å². The van der Waals surface area contributed by atoms with E-state index in [4.69, 9.17) is 5.84 Å². The largest absolute Gasteiger partial charge is 0.352 e. The average molecular weight is 280 g/mol. The Morgan fingerprint density at radius 2 is 2.25 bits per heavy atom. The third-order valence-corrected chi connectivity index (χ3v) is 3.50. The molecular weight excluding hydrogens is 260 g/mol. The van der Waals surface area contributed by atoms with Crippen LogP contribution >= 0.6 is 0 Å². The summed E-state index contributed by atoms with van der Waals surface area (Å²) in [6.07, 6.45) is 0.997. The quantitative estimate of drug-likeness (QED) is 0.480. The third-order valence-electron chi connectivity index (χ3n) is 3.50. The van der Waals surface area contributed by atoms with Crippen molar-refractivity contribution < 1.29 is 4.92 Å². The molecule has 1 aliphatic heterocycles. The number of likely N-dealkylation sites (N-methyl/N-ethyl adjacent to an activating group) is 1. The minimum absolute atomic E-state index is 0.00671. The van der Waals surface area contributed by atoms with Gasteiger partial charge < -0.3 is 15.2 Å². The van der Waals surface area contributed by atoms with Crippen molar-refractivity contribution in [3.8, 4) is 0 Å². The van der Waals surface area contributed by atoms with E-state index in [0.29, 0.717) is 11.6 Å². The molecule has 20 heavy (non-hydrogen) atoms. The molecule has 0 amide bonds. The zero-order valence-electron chi connectivity index (χ0n) is 11.7. The van der Waals surface area contributed by atoms with Gasteiger partial charge in [0, 0.05) is 19.1 Å². The van der Waals surface area contributed by atoms with Crippen molar-refractivity contribution in [3.63, 3.8) is 0 Å². The number of rotatable bonds is 3. The monoisotopic (exact) mass is 280 g/mol. The molecule has 1 aliphatic rings. The van der Waals surface area contributed by atoms with E-state index in [1.807, 2.05) is 0 Å².